The van der Waals surface area contributed by atoms with Crippen molar-refractivity contribution in [2.45, 2.75) is 110 Å². The highest BCUT2D eigenvalue weighted by atomic mass is 28.4. The molecular formula is C34H52N6O5Si. The quantitative estimate of drug-likeness (QED) is 0.0920. The third-order valence-electron chi connectivity index (χ3n) is 9.02. The number of rotatable bonds is 13. The van der Waals surface area contributed by atoms with Crippen molar-refractivity contribution >= 4 is 30.8 Å². The van der Waals surface area contributed by atoms with Crippen LogP contribution in [0.4, 0.5) is 5.82 Å². The van der Waals surface area contributed by atoms with Crippen molar-refractivity contribution in [2.24, 2.45) is 0 Å². The van der Waals surface area contributed by atoms with Crippen molar-refractivity contribution in [1.29, 1.82) is 0 Å². The van der Waals surface area contributed by atoms with Crippen LogP contribution in [0.5, 0.6) is 5.88 Å². The van der Waals surface area contributed by atoms with E-state index in [0.717, 1.165) is 54.9 Å². The van der Waals surface area contributed by atoms with E-state index in [0.29, 0.717) is 17.3 Å². The van der Waals surface area contributed by atoms with E-state index in [9.17, 15) is 0 Å². The lowest BCUT2D eigenvalue weighted by Crippen LogP contribution is -2.59. The number of ether oxygens (including phenoxy) is 3. The van der Waals surface area contributed by atoms with Crippen molar-refractivity contribution in [1.82, 2.24) is 24.9 Å². The number of pyridine rings is 1. The Morgan fingerprint density at radius 3 is 2.48 bits per heavy atom. The van der Waals surface area contributed by atoms with Gasteiger partial charge in [-0.15, -0.1) is 5.10 Å². The number of anilines is 1. The lowest BCUT2D eigenvalue weighted by Gasteiger charge is -2.43. The highest BCUT2D eigenvalue weighted by Crippen LogP contribution is 2.37. The molecule has 1 aliphatic carbocycles. The van der Waals surface area contributed by atoms with E-state index >= 15 is 0 Å². The molecule has 0 saturated heterocycles. The fraction of sp³-hybridized carbons (Fsp3) is 0.618. The molecule has 11 nitrogen and oxygen atoms in total. The van der Waals surface area contributed by atoms with E-state index in [1.165, 1.54) is 0 Å². The normalized spacial score (nSPS) is 18.9. The van der Waals surface area contributed by atoms with Gasteiger partial charge in [0.15, 0.2) is 19.7 Å². The number of fused-ring (bicyclic) bond motifs is 2. The van der Waals surface area contributed by atoms with Gasteiger partial charge in [0.2, 0.25) is 11.8 Å². The van der Waals surface area contributed by atoms with Gasteiger partial charge in [-0.1, -0.05) is 20.8 Å². The Hall–Kier alpha value is -3.03. The van der Waals surface area contributed by atoms with Crippen LogP contribution in [-0.4, -0.2) is 78.9 Å². The van der Waals surface area contributed by atoms with Gasteiger partial charge in [-0.2, -0.15) is 0 Å². The van der Waals surface area contributed by atoms with Gasteiger partial charge in [0.1, 0.15) is 23.2 Å². The third-order valence-corrected chi connectivity index (χ3v) is 13.6. The minimum atomic E-state index is -1.77. The Morgan fingerprint density at radius 2 is 1.80 bits per heavy atom. The van der Waals surface area contributed by atoms with Crippen molar-refractivity contribution in [2.75, 3.05) is 32.2 Å². The maximum Gasteiger partial charge on any atom is 0.232 e. The highest BCUT2D eigenvalue weighted by molar-refractivity contribution is 6.74. The lowest BCUT2D eigenvalue weighted by atomic mass is 9.89. The number of hydrogen-bond donors (Lipinski definition) is 1. The van der Waals surface area contributed by atoms with Gasteiger partial charge in [-0.25, -0.2) is 14.5 Å². The summed E-state index contributed by atoms with van der Waals surface area (Å²) in [6, 6.07) is 7.90. The molecule has 12 heteroatoms. The van der Waals surface area contributed by atoms with Gasteiger partial charge in [-0.05, 0) is 63.5 Å². The molecule has 46 heavy (non-hydrogen) atoms. The topological polar surface area (TPSA) is 108 Å². The Bertz CT molecular complexity index is 1630. The second-order valence-electron chi connectivity index (χ2n) is 15.0. The van der Waals surface area contributed by atoms with Crippen LogP contribution in [0.2, 0.25) is 18.1 Å². The van der Waals surface area contributed by atoms with Gasteiger partial charge in [0.25, 0.3) is 0 Å². The molecule has 5 rings (SSSR count). The zero-order valence-electron chi connectivity index (χ0n) is 29.4. The first-order valence-electron chi connectivity index (χ1n) is 16.3. The SMILES string of the molecule is COC(C)(NC1CC(Oc2ccc3ncc(-c4cc5c(N(C)CCCO[Si](C)(C)C(C)(C)C)nccc5o4)n3n2)C1)OC(C)(C)C. The molecule has 4 aromatic rings. The summed E-state index contributed by atoms with van der Waals surface area (Å²) in [5, 5.41) is 9.39. The molecule has 4 aromatic heterocycles. The van der Waals surface area contributed by atoms with E-state index in [-0.39, 0.29) is 22.8 Å². The molecule has 1 unspecified atom stereocenters. The highest BCUT2D eigenvalue weighted by Gasteiger charge is 2.39. The van der Waals surface area contributed by atoms with Crippen LogP contribution in [0.25, 0.3) is 28.1 Å². The summed E-state index contributed by atoms with van der Waals surface area (Å²) >= 11 is 0. The molecule has 0 aromatic carbocycles. The van der Waals surface area contributed by atoms with Crippen molar-refractivity contribution in [3.8, 4) is 17.3 Å². The molecule has 0 aliphatic heterocycles. The molecule has 0 radical (unpaired) electrons. The lowest BCUT2D eigenvalue weighted by molar-refractivity contribution is -0.281. The number of nitrogens with one attached hydrogen (secondary N) is 1. The summed E-state index contributed by atoms with van der Waals surface area (Å²) in [7, 11) is 1.95. The van der Waals surface area contributed by atoms with Crippen LogP contribution in [0, 0.1) is 0 Å². The van der Waals surface area contributed by atoms with Gasteiger partial charge in [0.05, 0.1) is 17.2 Å². The predicted octanol–water partition coefficient (Wildman–Crippen LogP) is 7.02. The molecule has 1 saturated carbocycles. The van der Waals surface area contributed by atoms with E-state index in [2.05, 4.69) is 56.1 Å². The minimum absolute atomic E-state index is 0.0350. The Labute approximate surface area is 274 Å². The van der Waals surface area contributed by atoms with E-state index in [1.54, 1.807) is 24.0 Å². The average Bonchev–Trinajstić information content (AvgIpc) is 3.56. The number of hydrogen-bond acceptors (Lipinski definition) is 10. The van der Waals surface area contributed by atoms with E-state index in [4.69, 9.17) is 33.1 Å². The minimum Gasteiger partial charge on any atom is -0.473 e. The van der Waals surface area contributed by atoms with Crippen LogP contribution in [0.15, 0.2) is 41.1 Å². The molecular weight excluding hydrogens is 600 g/mol. The summed E-state index contributed by atoms with van der Waals surface area (Å²) in [4.78, 5) is 11.4. The first-order valence-corrected chi connectivity index (χ1v) is 19.2. The average molecular weight is 653 g/mol. The van der Waals surface area contributed by atoms with Crippen LogP contribution >= 0.6 is 0 Å². The fourth-order valence-electron chi connectivity index (χ4n) is 5.45. The summed E-state index contributed by atoms with van der Waals surface area (Å²) < 4.78 is 32.5. The maximum absolute atomic E-state index is 6.38. The van der Waals surface area contributed by atoms with Crippen molar-refractivity contribution in [3.63, 3.8) is 0 Å². The standard InChI is InChI=1S/C34H52N6O5Si/c1-32(2,3)45-34(7,41-9)37-23-19-24(20-23)43-30-14-13-29-36-22-26(40(29)38-30)28-21-25-27(44-28)15-16-35-31(25)39(8)17-12-18-42-46(10,11)33(4,5)6/h13-16,21-24,37H,12,17-20H2,1-11H3. The number of nitrogens with zero attached hydrogens (tertiary/aromatic N) is 5. The summed E-state index contributed by atoms with van der Waals surface area (Å²) in [6.07, 6.45) is 6.16. The molecule has 4 heterocycles. The molecule has 1 aliphatic rings. The molecule has 1 atom stereocenters. The van der Waals surface area contributed by atoms with Crippen molar-refractivity contribution in [3.05, 3.63) is 36.7 Å². The first-order chi connectivity index (χ1) is 21.5. The van der Waals surface area contributed by atoms with Gasteiger partial charge in [0, 0.05) is 65.4 Å². The van der Waals surface area contributed by atoms with Crippen LogP contribution in [0.1, 0.15) is 67.7 Å². The smallest absolute Gasteiger partial charge is 0.232 e. The number of methoxy groups -OCH3 is 1. The molecule has 0 amide bonds. The Morgan fingerprint density at radius 1 is 1.07 bits per heavy atom. The second kappa shape index (κ2) is 12.9. The van der Waals surface area contributed by atoms with E-state index < -0.39 is 14.2 Å². The predicted molar refractivity (Wildman–Crippen MR) is 184 cm³/mol. The zero-order chi connectivity index (χ0) is 33.5. The van der Waals surface area contributed by atoms with Gasteiger partial charge in [-0.3, -0.25) is 5.32 Å². The van der Waals surface area contributed by atoms with E-state index in [1.807, 2.05) is 52.0 Å². The van der Waals surface area contributed by atoms with Gasteiger partial charge >= 0.3 is 0 Å². The largest absolute Gasteiger partial charge is 0.473 e. The molecule has 0 bridgehead atoms. The summed E-state index contributed by atoms with van der Waals surface area (Å²) in [5.41, 5.74) is 1.88. The summed E-state index contributed by atoms with van der Waals surface area (Å²) in [5.74, 6) is 1.21. The fourth-order valence-corrected chi connectivity index (χ4v) is 6.54. The number of aromatic nitrogens is 4. The van der Waals surface area contributed by atoms with Crippen LogP contribution in [-0.2, 0) is 13.9 Å². The maximum atomic E-state index is 6.38. The third kappa shape index (κ3) is 7.74. The molecule has 0 spiro atoms. The summed E-state index contributed by atoms with van der Waals surface area (Å²) in [6.45, 7) is 20.9. The van der Waals surface area contributed by atoms with Crippen LogP contribution in [0.3, 0.4) is 0 Å². The van der Waals surface area contributed by atoms with Gasteiger partial charge < -0.3 is 28.0 Å². The molecule has 1 N–H and O–H groups in total. The van der Waals surface area contributed by atoms with Crippen molar-refractivity contribution < 1.29 is 23.1 Å². The molecule has 1 fully saturated rings. The monoisotopic (exact) mass is 652 g/mol. The zero-order valence-corrected chi connectivity index (χ0v) is 30.4. The Balaban J connectivity index is 1.24. The number of furan rings is 1. The second-order valence-corrected chi connectivity index (χ2v) is 19.9. The first kappa shape index (κ1) is 34.3. The molecule has 252 valence electrons. The number of imidazole rings is 1. The van der Waals surface area contributed by atoms with Crippen LogP contribution < -0.4 is 15.0 Å². The Kier molecular flexibility index (Phi) is 9.60.